The number of hydrogen-bond acceptors (Lipinski definition) is 0. The smallest absolute Gasteiger partial charge is 0.0214 e. The van der Waals surface area contributed by atoms with Crippen molar-refractivity contribution < 1.29 is 0 Å². The monoisotopic (exact) mass is 420 g/mol. The predicted molar refractivity (Wildman–Crippen MR) is 125 cm³/mol. The standard InChI is InChI=1S/C25H41Br/c1-21(2)11-9-14-23(4)16-10-15-22(3)12-7-8-13-24(5)17-18-25(6)19-20-26/h11-13,16,19H,7-10,14-15,17-18,20H2,1-6H3/b22-12+,23-16+,24-13+,25-19+. The summed E-state index contributed by atoms with van der Waals surface area (Å²) >= 11 is 3.46. The first kappa shape index (κ1) is 25.2. The molecule has 26 heavy (non-hydrogen) atoms. The zero-order chi connectivity index (χ0) is 19.8. The molecule has 0 nitrogen and oxygen atoms in total. The molecule has 0 unspecified atom stereocenters. The molecule has 0 aliphatic heterocycles. The zero-order valence-electron chi connectivity index (χ0n) is 18.1. The van der Waals surface area contributed by atoms with Crippen LogP contribution in [0.3, 0.4) is 0 Å². The third-order valence-corrected chi connectivity index (χ3v) is 4.94. The van der Waals surface area contributed by atoms with Crippen molar-refractivity contribution in [3.05, 3.63) is 58.2 Å². The quantitative estimate of drug-likeness (QED) is 0.158. The average molecular weight is 422 g/mol. The van der Waals surface area contributed by atoms with E-state index in [0.29, 0.717) is 0 Å². The molecule has 0 saturated carbocycles. The van der Waals surface area contributed by atoms with Gasteiger partial charge in [-0.15, -0.1) is 0 Å². The van der Waals surface area contributed by atoms with Crippen molar-refractivity contribution in [1.29, 1.82) is 0 Å². The predicted octanol–water partition coefficient (Wildman–Crippen LogP) is 9.25. The van der Waals surface area contributed by atoms with Gasteiger partial charge in [0.2, 0.25) is 0 Å². The van der Waals surface area contributed by atoms with Crippen LogP contribution in [0.25, 0.3) is 0 Å². The van der Waals surface area contributed by atoms with Gasteiger partial charge < -0.3 is 0 Å². The van der Waals surface area contributed by atoms with E-state index in [-0.39, 0.29) is 0 Å². The molecular formula is C25H41Br. The molecule has 0 bridgehead atoms. The van der Waals surface area contributed by atoms with Crippen LogP contribution in [0.5, 0.6) is 0 Å². The van der Waals surface area contributed by atoms with Gasteiger partial charge in [-0.25, -0.2) is 0 Å². The second kappa shape index (κ2) is 16.4. The number of halogens is 1. The zero-order valence-corrected chi connectivity index (χ0v) is 19.7. The molecule has 0 aromatic heterocycles. The Bertz CT molecular complexity index is 522. The maximum Gasteiger partial charge on any atom is 0.0214 e. The summed E-state index contributed by atoms with van der Waals surface area (Å²) in [6.07, 6.45) is 21.3. The summed E-state index contributed by atoms with van der Waals surface area (Å²) < 4.78 is 0. The number of unbranched alkanes of at least 4 members (excludes halogenated alkanes) is 1. The van der Waals surface area contributed by atoms with E-state index in [9.17, 15) is 0 Å². The first-order chi connectivity index (χ1) is 12.3. The minimum Gasteiger partial charge on any atom is -0.0883 e. The summed E-state index contributed by atoms with van der Waals surface area (Å²) in [7, 11) is 0. The highest BCUT2D eigenvalue weighted by molar-refractivity contribution is 9.09. The second-order valence-corrected chi connectivity index (χ2v) is 8.44. The lowest BCUT2D eigenvalue weighted by Gasteiger charge is -2.03. The lowest BCUT2D eigenvalue weighted by Crippen LogP contribution is -1.83. The summed E-state index contributed by atoms with van der Waals surface area (Å²) in [5.41, 5.74) is 7.48. The molecule has 0 aliphatic carbocycles. The molecule has 0 aliphatic rings. The van der Waals surface area contributed by atoms with Crippen molar-refractivity contribution in [2.45, 2.75) is 92.9 Å². The minimum atomic E-state index is 0.968. The van der Waals surface area contributed by atoms with E-state index in [4.69, 9.17) is 0 Å². The van der Waals surface area contributed by atoms with E-state index in [1.807, 2.05) is 0 Å². The summed E-state index contributed by atoms with van der Waals surface area (Å²) in [5, 5.41) is 0.968. The lowest BCUT2D eigenvalue weighted by molar-refractivity contribution is 0.892. The van der Waals surface area contributed by atoms with E-state index in [0.717, 1.165) is 5.33 Å². The Labute approximate surface area is 172 Å². The van der Waals surface area contributed by atoms with Crippen LogP contribution in [-0.2, 0) is 0 Å². The van der Waals surface area contributed by atoms with Crippen molar-refractivity contribution in [3.8, 4) is 0 Å². The van der Waals surface area contributed by atoms with Crippen molar-refractivity contribution in [2.24, 2.45) is 0 Å². The molecule has 0 spiro atoms. The topological polar surface area (TPSA) is 0 Å². The molecule has 0 aromatic rings. The van der Waals surface area contributed by atoms with Crippen LogP contribution >= 0.6 is 15.9 Å². The lowest BCUT2D eigenvalue weighted by atomic mass is 10.0. The van der Waals surface area contributed by atoms with Crippen molar-refractivity contribution >= 4 is 15.9 Å². The van der Waals surface area contributed by atoms with Gasteiger partial charge in [-0.3, -0.25) is 0 Å². The van der Waals surface area contributed by atoms with Crippen LogP contribution in [0.4, 0.5) is 0 Å². The maximum atomic E-state index is 3.46. The number of alkyl halides is 1. The Balaban J connectivity index is 4.01. The molecule has 0 aromatic carbocycles. The van der Waals surface area contributed by atoms with Crippen molar-refractivity contribution in [3.63, 3.8) is 0 Å². The third-order valence-electron chi connectivity index (χ3n) is 4.61. The minimum absolute atomic E-state index is 0.968. The maximum absolute atomic E-state index is 3.46. The highest BCUT2D eigenvalue weighted by Gasteiger charge is 1.94. The van der Waals surface area contributed by atoms with Gasteiger partial charge in [-0.2, -0.15) is 0 Å². The third kappa shape index (κ3) is 16.6. The van der Waals surface area contributed by atoms with Crippen LogP contribution in [0.1, 0.15) is 92.9 Å². The molecule has 0 amide bonds. The average Bonchev–Trinajstić information content (AvgIpc) is 2.57. The Kier molecular flexibility index (Phi) is 15.8. The number of rotatable bonds is 13. The molecular weight excluding hydrogens is 380 g/mol. The van der Waals surface area contributed by atoms with Crippen LogP contribution in [-0.4, -0.2) is 5.33 Å². The van der Waals surface area contributed by atoms with Gasteiger partial charge in [-0.1, -0.05) is 74.2 Å². The Morgan fingerprint density at radius 2 is 0.885 bits per heavy atom. The van der Waals surface area contributed by atoms with E-state index < -0.39 is 0 Å². The molecule has 1 heteroatoms. The molecule has 0 fully saturated rings. The number of allylic oxidation sites excluding steroid dienone is 10. The Morgan fingerprint density at radius 1 is 0.500 bits per heavy atom. The fourth-order valence-corrected chi connectivity index (χ4v) is 3.28. The molecule has 0 N–H and O–H groups in total. The van der Waals surface area contributed by atoms with Gasteiger partial charge in [0, 0.05) is 5.33 Å². The van der Waals surface area contributed by atoms with Gasteiger partial charge >= 0.3 is 0 Å². The van der Waals surface area contributed by atoms with E-state index >= 15 is 0 Å². The van der Waals surface area contributed by atoms with Gasteiger partial charge in [0.25, 0.3) is 0 Å². The summed E-state index contributed by atoms with van der Waals surface area (Å²) in [4.78, 5) is 0. The van der Waals surface area contributed by atoms with Crippen molar-refractivity contribution in [1.82, 2.24) is 0 Å². The fourth-order valence-electron chi connectivity index (χ4n) is 2.73. The largest absolute Gasteiger partial charge is 0.0883 e. The molecule has 0 atom stereocenters. The molecule has 0 rings (SSSR count). The number of hydrogen-bond donors (Lipinski definition) is 0. The van der Waals surface area contributed by atoms with Crippen LogP contribution in [0.15, 0.2) is 58.2 Å². The Morgan fingerprint density at radius 3 is 1.35 bits per heavy atom. The van der Waals surface area contributed by atoms with E-state index in [1.165, 1.54) is 79.2 Å². The van der Waals surface area contributed by atoms with Gasteiger partial charge in [0.05, 0.1) is 0 Å². The Hall–Kier alpha value is -0.820. The van der Waals surface area contributed by atoms with E-state index in [2.05, 4.69) is 87.9 Å². The normalized spacial score (nSPS) is 14.0. The van der Waals surface area contributed by atoms with Gasteiger partial charge in [-0.05, 0) is 92.9 Å². The van der Waals surface area contributed by atoms with Crippen molar-refractivity contribution in [2.75, 3.05) is 5.33 Å². The SMILES string of the molecule is CC(C)=CCC/C(C)=C/CC/C(C)=C/CC/C=C(\C)CC/C(C)=C/CBr. The summed E-state index contributed by atoms with van der Waals surface area (Å²) in [6.45, 7) is 13.4. The van der Waals surface area contributed by atoms with Gasteiger partial charge in [0.1, 0.15) is 0 Å². The molecule has 148 valence electrons. The molecule has 0 saturated heterocycles. The highest BCUT2D eigenvalue weighted by Crippen LogP contribution is 2.14. The summed E-state index contributed by atoms with van der Waals surface area (Å²) in [5.74, 6) is 0. The summed E-state index contributed by atoms with van der Waals surface area (Å²) in [6, 6.07) is 0. The molecule has 0 heterocycles. The first-order valence-electron chi connectivity index (χ1n) is 10.2. The molecule has 0 radical (unpaired) electrons. The van der Waals surface area contributed by atoms with Crippen LogP contribution in [0.2, 0.25) is 0 Å². The second-order valence-electron chi connectivity index (χ2n) is 7.79. The fraction of sp³-hybridized carbons (Fsp3) is 0.600. The van der Waals surface area contributed by atoms with Crippen LogP contribution in [0, 0.1) is 0 Å². The first-order valence-corrected chi connectivity index (χ1v) is 11.3. The highest BCUT2D eigenvalue weighted by atomic mass is 79.9. The van der Waals surface area contributed by atoms with E-state index in [1.54, 1.807) is 0 Å². The van der Waals surface area contributed by atoms with Crippen LogP contribution < -0.4 is 0 Å². The van der Waals surface area contributed by atoms with Gasteiger partial charge in [0.15, 0.2) is 0 Å².